The highest BCUT2D eigenvalue weighted by Crippen LogP contribution is 2.48. The molecule has 1 aliphatic rings. The first-order valence-corrected chi connectivity index (χ1v) is 11.8. The topological polar surface area (TPSA) is 124 Å². The Morgan fingerprint density at radius 1 is 0.872 bits per heavy atom. The number of rotatable bonds is 7. The van der Waals surface area contributed by atoms with Gasteiger partial charge in [0.1, 0.15) is 12.1 Å². The molecule has 1 saturated carbocycles. The normalized spacial score (nSPS) is 20.6. The number of nitrogens with zero attached hydrogens (tertiary/aromatic N) is 1. The Hall–Kier alpha value is -3.38. The number of ketones is 2. The fraction of sp³-hybridized carbons (Fsp3) is 0.500. The summed E-state index contributed by atoms with van der Waals surface area (Å²) in [7, 11) is -6.83. The number of amides is 1. The summed E-state index contributed by atoms with van der Waals surface area (Å²) in [6, 6.07) is 6.89. The number of carbonyl (C=O) groups excluding carboxylic acids is 4. The van der Waals surface area contributed by atoms with Gasteiger partial charge in [0.2, 0.25) is 5.78 Å². The summed E-state index contributed by atoms with van der Waals surface area (Å²) in [6.07, 6.45) is -25.9. The van der Waals surface area contributed by atoms with Gasteiger partial charge in [-0.3, -0.25) is 18.6 Å². The van der Waals surface area contributed by atoms with Crippen LogP contribution in [0.2, 0.25) is 0 Å². The third-order valence-electron chi connectivity index (χ3n) is 5.51. The molecule has 0 bridgehead atoms. The Kier molecular flexibility index (Phi) is 8.99. The van der Waals surface area contributed by atoms with Gasteiger partial charge in [0.15, 0.2) is 0 Å². The first-order chi connectivity index (χ1) is 17.7. The van der Waals surface area contributed by atoms with Crippen molar-refractivity contribution in [2.45, 2.75) is 56.4 Å². The molecular formula is C20H16F9NO8S. The third kappa shape index (κ3) is 6.99. The fourth-order valence-electron chi connectivity index (χ4n) is 4.02. The van der Waals surface area contributed by atoms with Crippen LogP contribution in [-0.4, -0.2) is 60.4 Å². The summed E-state index contributed by atoms with van der Waals surface area (Å²) in [6.45, 7) is -0.815. The fourth-order valence-corrected chi connectivity index (χ4v) is 5.32. The van der Waals surface area contributed by atoms with Gasteiger partial charge in [0.25, 0.3) is 5.78 Å². The van der Waals surface area contributed by atoms with Crippen LogP contribution in [0.15, 0.2) is 30.3 Å². The molecule has 0 saturated heterocycles. The van der Waals surface area contributed by atoms with Gasteiger partial charge in [-0.25, -0.2) is 4.79 Å². The zero-order valence-corrected chi connectivity index (χ0v) is 19.8. The van der Waals surface area contributed by atoms with E-state index >= 15 is 0 Å². The van der Waals surface area contributed by atoms with Crippen molar-refractivity contribution >= 4 is 33.9 Å². The molecule has 0 spiro atoms. The van der Waals surface area contributed by atoms with Crippen LogP contribution in [0.4, 0.5) is 44.3 Å². The Balaban J connectivity index is 2.72. The van der Waals surface area contributed by atoms with Gasteiger partial charge in [-0.05, 0) is 18.4 Å². The van der Waals surface area contributed by atoms with Crippen molar-refractivity contribution in [2.75, 3.05) is 0 Å². The van der Waals surface area contributed by atoms with Crippen LogP contribution in [0.3, 0.4) is 0 Å². The highest BCUT2D eigenvalue weighted by molar-refractivity contribution is 7.85. The zero-order chi connectivity index (χ0) is 30.0. The number of halogens is 9. The highest BCUT2D eigenvalue weighted by Gasteiger charge is 2.71. The molecule has 19 heteroatoms. The number of ether oxygens (including phenoxy) is 1. The maximum atomic E-state index is 13.6. The van der Waals surface area contributed by atoms with E-state index in [4.69, 9.17) is 0 Å². The summed E-state index contributed by atoms with van der Waals surface area (Å²) in [4.78, 5) is 48.7. The van der Waals surface area contributed by atoms with Crippen molar-refractivity contribution in [1.82, 2.24) is 4.31 Å². The minimum absolute atomic E-state index is 0.141. The van der Waals surface area contributed by atoms with Gasteiger partial charge < -0.3 is 4.74 Å². The van der Waals surface area contributed by atoms with Crippen molar-refractivity contribution in [2.24, 2.45) is 5.92 Å². The van der Waals surface area contributed by atoms with E-state index in [-0.39, 0.29) is 5.56 Å². The monoisotopic (exact) mass is 601 g/mol. The Labute approximate surface area is 213 Å². The largest absolute Gasteiger partial charge is 0.525 e. The van der Waals surface area contributed by atoms with Gasteiger partial charge in [-0.2, -0.15) is 52.2 Å². The Morgan fingerprint density at radius 2 is 1.44 bits per heavy atom. The molecule has 218 valence electrons. The highest BCUT2D eigenvalue weighted by atomic mass is 32.2. The molecule has 9 nitrogen and oxygen atoms in total. The van der Waals surface area contributed by atoms with E-state index in [1.165, 1.54) is 30.3 Å². The average Bonchev–Trinajstić information content (AvgIpc) is 2.80. The molecule has 0 N–H and O–H groups in total. The predicted molar refractivity (Wildman–Crippen MR) is 106 cm³/mol. The minimum Gasteiger partial charge on any atom is -0.429 e. The average molecular weight is 601 g/mol. The summed E-state index contributed by atoms with van der Waals surface area (Å²) in [5, 5.41) is 0. The lowest BCUT2D eigenvalue weighted by molar-refractivity contribution is -0.205. The van der Waals surface area contributed by atoms with Crippen molar-refractivity contribution in [1.29, 1.82) is 0 Å². The first-order valence-electron chi connectivity index (χ1n) is 10.4. The Bertz CT molecular complexity index is 1210. The molecular weight excluding hydrogens is 585 g/mol. The predicted octanol–water partition coefficient (Wildman–Crippen LogP) is 4.17. The molecule has 0 heterocycles. The molecule has 2 unspecified atom stereocenters. The number of carbonyl (C=O) groups is 4. The molecule has 1 aromatic carbocycles. The van der Waals surface area contributed by atoms with E-state index in [1.807, 2.05) is 0 Å². The lowest BCUT2D eigenvalue weighted by Gasteiger charge is -2.47. The molecule has 1 fully saturated rings. The van der Waals surface area contributed by atoms with E-state index in [9.17, 15) is 67.1 Å². The van der Waals surface area contributed by atoms with Crippen molar-refractivity contribution < 1.29 is 76.0 Å². The minimum atomic E-state index is -6.83. The SMILES string of the molecule is O=C(OCc1ccccc1)OS(=O)(=O)N(C(=O)C(F)(F)F)C1(C(=O)C(F)(F)F)CCCCC1C(=O)C(F)(F)F. The first kappa shape index (κ1) is 31.8. The van der Waals surface area contributed by atoms with Gasteiger partial charge in [0, 0.05) is 0 Å². The van der Waals surface area contributed by atoms with E-state index in [2.05, 4.69) is 8.92 Å². The number of hydrogen-bond acceptors (Lipinski definition) is 8. The lowest BCUT2D eigenvalue weighted by atomic mass is 9.67. The second-order valence-electron chi connectivity index (χ2n) is 8.04. The zero-order valence-electron chi connectivity index (χ0n) is 19.0. The molecule has 2 rings (SSSR count). The molecule has 0 radical (unpaired) electrons. The van der Waals surface area contributed by atoms with Crippen molar-refractivity contribution in [3.63, 3.8) is 0 Å². The molecule has 0 aliphatic heterocycles. The van der Waals surface area contributed by atoms with Crippen LogP contribution in [0.1, 0.15) is 31.2 Å². The third-order valence-corrected chi connectivity index (χ3v) is 6.80. The molecule has 0 aromatic heterocycles. The number of benzene rings is 1. The van der Waals surface area contributed by atoms with Crippen LogP contribution in [0, 0.1) is 5.92 Å². The summed E-state index contributed by atoms with van der Waals surface area (Å²) < 4.78 is 153. The summed E-state index contributed by atoms with van der Waals surface area (Å²) >= 11 is 0. The Morgan fingerprint density at radius 3 is 1.92 bits per heavy atom. The molecule has 2 atom stereocenters. The van der Waals surface area contributed by atoms with E-state index in [0.717, 1.165) is 0 Å². The standard InChI is InChI=1S/C20H16F9NO8S/c21-18(22,23)13(31)12-8-4-5-9-17(12,14(32)19(24,25)26)30(15(33)20(27,28)29)39(35,36)38-16(34)37-10-11-6-2-1-3-7-11/h1-3,6-7,12H,4-5,8-10H2. The van der Waals surface area contributed by atoms with Crippen LogP contribution in [-0.2, 0) is 40.2 Å². The number of hydrogen-bond donors (Lipinski definition) is 0. The molecule has 39 heavy (non-hydrogen) atoms. The smallest absolute Gasteiger partial charge is 0.429 e. The van der Waals surface area contributed by atoms with Gasteiger partial charge in [0.05, 0.1) is 5.92 Å². The second-order valence-corrected chi connectivity index (χ2v) is 9.43. The van der Waals surface area contributed by atoms with E-state index in [1.54, 1.807) is 0 Å². The second kappa shape index (κ2) is 11.0. The van der Waals surface area contributed by atoms with Crippen molar-refractivity contribution in [3.05, 3.63) is 35.9 Å². The van der Waals surface area contributed by atoms with Crippen molar-refractivity contribution in [3.8, 4) is 0 Å². The van der Waals surface area contributed by atoms with Gasteiger partial charge in [-0.1, -0.05) is 43.2 Å². The summed E-state index contributed by atoms with van der Waals surface area (Å²) in [5.74, 6) is -14.1. The van der Waals surface area contributed by atoms with Crippen LogP contribution in [0.25, 0.3) is 0 Å². The van der Waals surface area contributed by atoms with Gasteiger partial charge >= 0.3 is 40.9 Å². The van der Waals surface area contributed by atoms with Crippen LogP contribution < -0.4 is 0 Å². The molecule has 1 amide bonds. The maximum Gasteiger partial charge on any atom is 0.525 e. The lowest BCUT2D eigenvalue weighted by Crippen LogP contribution is -2.70. The summed E-state index contributed by atoms with van der Waals surface area (Å²) in [5.41, 5.74) is -4.50. The number of alkyl halides is 9. The van der Waals surface area contributed by atoms with E-state index in [0.29, 0.717) is 0 Å². The maximum absolute atomic E-state index is 13.6. The van der Waals surface area contributed by atoms with Crippen LogP contribution in [0.5, 0.6) is 0 Å². The van der Waals surface area contributed by atoms with Gasteiger partial charge in [-0.15, -0.1) is 0 Å². The van der Waals surface area contributed by atoms with E-state index < -0.39 is 101 Å². The van der Waals surface area contributed by atoms with Crippen LogP contribution >= 0.6 is 0 Å². The quantitative estimate of drug-likeness (QED) is 0.337. The molecule has 1 aromatic rings. The number of Topliss-reactive ketones (excluding diaryl/α,β-unsaturated/α-hetero) is 2. The molecule has 1 aliphatic carbocycles.